The first-order chi connectivity index (χ1) is 5.24. The number of halogens is 1. The van der Waals surface area contributed by atoms with Gasteiger partial charge in [-0.15, -0.1) is 0 Å². The van der Waals surface area contributed by atoms with Crippen molar-refractivity contribution in [1.29, 1.82) is 0 Å². The van der Waals surface area contributed by atoms with Crippen molar-refractivity contribution >= 4 is 5.69 Å². The van der Waals surface area contributed by atoms with Crippen LogP contribution >= 0.6 is 0 Å². The van der Waals surface area contributed by atoms with Crippen molar-refractivity contribution in [3.05, 3.63) is 34.5 Å². The topological polar surface area (TPSA) is 69.0 Å². The highest BCUT2D eigenvalue weighted by Crippen LogP contribution is 2.21. The van der Waals surface area contributed by atoms with Gasteiger partial charge < -0.3 is 5.11 Å². The van der Waals surface area contributed by atoms with Crippen molar-refractivity contribution in [2.45, 2.75) is 0 Å². The first-order valence-electron chi connectivity index (χ1n) is 2.77. The van der Waals surface area contributed by atoms with E-state index in [9.17, 15) is 4.39 Å². The van der Waals surface area contributed by atoms with E-state index >= 15 is 0 Å². The van der Waals surface area contributed by atoms with Gasteiger partial charge in [-0.1, -0.05) is 5.11 Å². The predicted molar refractivity (Wildman–Crippen MR) is 36.9 cm³/mol. The number of rotatable bonds is 1. The van der Waals surface area contributed by atoms with Gasteiger partial charge in [0.25, 0.3) is 0 Å². The van der Waals surface area contributed by atoms with E-state index in [-0.39, 0.29) is 5.69 Å². The van der Waals surface area contributed by atoms with Crippen molar-refractivity contribution < 1.29 is 9.50 Å². The van der Waals surface area contributed by atoms with Crippen molar-refractivity contribution in [2.24, 2.45) is 5.11 Å². The van der Waals surface area contributed by atoms with E-state index in [1.165, 1.54) is 6.07 Å². The molecule has 0 heterocycles. The van der Waals surface area contributed by atoms with Gasteiger partial charge in [0.1, 0.15) is 0 Å². The molecule has 0 aromatic heterocycles. The fourth-order valence-electron chi connectivity index (χ4n) is 0.610. The minimum atomic E-state index is -0.796. The minimum absolute atomic E-state index is 0.141. The SMILES string of the molecule is [N-]=[N+]=Nc1ccc(O)c(F)c1. The molecule has 0 aliphatic carbocycles. The molecule has 1 N–H and O–H groups in total. The molecule has 0 bridgehead atoms. The van der Waals surface area contributed by atoms with E-state index in [0.717, 1.165) is 12.1 Å². The van der Waals surface area contributed by atoms with Crippen LogP contribution in [0.25, 0.3) is 10.4 Å². The summed E-state index contributed by atoms with van der Waals surface area (Å²) in [4.78, 5) is 2.45. The average molecular weight is 153 g/mol. The van der Waals surface area contributed by atoms with Crippen LogP contribution in [0.4, 0.5) is 10.1 Å². The molecule has 11 heavy (non-hydrogen) atoms. The van der Waals surface area contributed by atoms with Gasteiger partial charge >= 0.3 is 0 Å². The molecule has 0 saturated carbocycles. The highest BCUT2D eigenvalue weighted by molar-refractivity contribution is 5.41. The Morgan fingerprint density at radius 3 is 2.82 bits per heavy atom. The highest BCUT2D eigenvalue weighted by atomic mass is 19.1. The zero-order chi connectivity index (χ0) is 8.27. The van der Waals surface area contributed by atoms with E-state index in [0.29, 0.717) is 0 Å². The summed E-state index contributed by atoms with van der Waals surface area (Å²) in [6, 6.07) is 3.40. The van der Waals surface area contributed by atoms with Crippen molar-refractivity contribution in [3.8, 4) is 5.75 Å². The standard InChI is InChI=1S/C6H4FN3O/c7-5-3-4(9-10-8)1-2-6(5)11/h1-3,11H. The van der Waals surface area contributed by atoms with Crippen molar-refractivity contribution in [2.75, 3.05) is 0 Å². The molecule has 0 spiro atoms. The minimum Gasteiger partial charge on any atom is -0.505 e. The third-order valence-corrected chi connectivity index (χ3v) is 1.09. The number of phenolic OH excluding ortho intramolecular Hbond substituents is 1. The quantitative estimate of drug-likeness (QED) is 0.375. The van der Waals surface area contributed by atoms with Gasteiger partial charge in [0.15, 0.2) is 11.6 Å². The average Bonchev–Trinajstić information content (AvgIpc) is 1.98. The molecule has 4 nitrogen and oxygen atoms in total. The van der Waals surface area contributed by atoms with E-state index in [2.05, 4.69) is 10.0 Å². The smallest absolute Gasteiger partial charge is 0.165 e. The Bertz CT molecular complexity index is 320. The monoisotopic (exact) mass is 153 g/mol. The lowest BCUT2D eigenvalue weighted by Gasteiger charge is -1.93. The van der Waals surface area contributed by atoms with Crippen LogP contribution in [-0.2, 0) is 0 Å². The van der Waals surface area contributed by atoms with Gasteiger partial charge in [0.2, 0.25) is 0 Å². The van der Waals surface area contributed by atoms with Gasteiger partial charge in [0.05, 0.1) is 0 Å². The van der Waals surface area contributed by atoms with Crippen LogP contribution in [0.3, 0.4) is 0 Å². The van der Waals surface area contributed by atoms with Crippen LogP contribution < -0.4 is 0 Å². The normalized spacial score (nSPS) is 8.82. The molecule has 0 amide bonds. The van der Waals surface area contributed by atoms with E-state index in [1.807, 2.05) is 0 Å². The Balaban J connectivity index is 3.14. The van der Waals surface area contributed by atoms with Crippen LogP contribution in [0.2, 0.25) is 0 Å². The second-order valence-electron chi connectivity index (χ2n) is 1.83. The van der Waals surface area contributed by atoms with Crippen LogP contribution in [0.1, 0.15) is 0 Å². The maximum atomic E-state index is 12.5. The molecular formula is C6H4FN3O. The molecule has 0 aliphatic rings. The lowest BCUT2D eigenvalue weighted by molar-refractivity contribution is 0.432. The first-order valence-corrected chi connectivity index (χ1v) is 2.77. The van der Waals surface area contributed by atoms with E-state index in [4.69, 9.17) is 10.6 Å². The maximum Gasteiger partial charge on any atom is 0.165 e. The van der Waals surface area contributed by atoms with Crippen LogP contribution in [0, 0.1) is 5.82 Å². The summed E-state index contributed by atoms with van der Waals surface area (Å²) < 4.78 is 12.5. The number of hydrogen-bond donors (Lipinski definition) is 1. The fourth-order valence-corrected chi connectivity index (χ4v) is 0.610. The number of nitrogens with zero attached hydrogens (tertiary/aromatic N) is 3. The summed E-state index contributed by atoms with van der Waals surface area (Å²) >= 11 is 0. The molecule has 5 heteroatoms. The number of benzene rings is 1. The molecule has 0 atom stereocenters. The molecule has 0 radical (unpaired) electrons. The Hall–Kier alpha value is -1.74. The van der Waals surface area contributed by atoms with Gasteiger partial charge in [-0.25, -0.2) is 4.39 Å². The second-order valence-corrected chi connectivity index (χ2v) is 1.83. The van der Waals surface area contributed by atoms with Crippen LogP contribution in [-0.4, -0.2) is 5.11 Å². The number of aromatic hydroxyl groups is 1. The summed E-state index contributed by atoms with van der Waals surface area (Å²) in [5.41, 5.74) is 8.09. The zero-order valence-corrected chi connectivity index (χ0v) is 5.40. The molecule has 56 valence electrons. The molecule has 0 fully saturated rings. The third-order valence-electron chi connectivity index (χ3n) is 1.09. The van der Waals surface area contributed by atoms with Gasteiger partial charge in [-0.05, 0) is 23.7 Å². The molecule has 1 aromatic carbocycles. The first kappa shape index (κ1) is 7.37. The van der Waals surface area contributed by atoms with Crippen LogP contribution in [0.15, 0.2) is 23.3 Å². The summed E-state index contributed by atoms with van der Waals surface area (Å²) in [6.07, 6.45) is 0. The van der Waals surface area contributed by atoms with Crippen molar-refractivity contribution in [1.82, 2.24) is 0 Å². The molecular weight excluding hydrogens is 149 g/mol. The Morgan fingerprint density at radius 2 is 2.27 bits per heavy atom. The molecule has 1 aromatic rings. The van der Waals surface area contributed by atoms with Crippen LogP contribution in [0.5, 0.6) is 5.75 Å². The van der Waals surface area contributed by atoms with Gasteiger partial charge in [-0.3, -0.25) is 0 Å². The molecule has 0 unspecified atom stereocenters. The lowest BCUT2D eigenvalue weighted by Crippen LogP contribution is -1.72. The lowest BCUT2D eigenvalue weighted by atomic mass is 10.3. The third kappa shape index (κ3) is 1.59. The number of phenols is 1. The van der Waals surface area contributed by atoms with Crippen molar-refractivity contribution in [3.63, 3.8) is 0 Å². The highest BCUT2D eigenvalue weighted by Gasteiger charge is 1.98. The summed E-state index contributed by atoms with van der Waals surface area (Å²) in [6.45, 7) is 0. The van der Waals surface area contributed by atoms with Gasteiger partial charge in [-0.2, -0.15) is 0 Å². The molecule has 0 aliphatic heterocycles. The largest absolute Gasteiger partial charge is 0.505 e. The number of azide groups is 1. The summed E-state index contributed by atoms with van der Waals surface area (Å²) in [5, 5.41) is 11.8. The Labute approximate surface area is 61.5 Å². The predicted octanol–water partition coefficient (Wildman–Crippen LogP) is 2.47. The molecule has 1 rings (SSSR count). The summed E-state index contributed by atoms with van der Waals surface area (Å²) in [7, 11) is 0. The summed E-state index contributed by atoms with van der Waals surface area (Å²) in [5.74, 6) is -1.25. The molecule has 0 saturated heterocycles. The Kier molecular flexibility index (Phi) is 1.94. The van der Waals surface area contributed by atoms with Gasteiger partial charge in [0, 0.05) is 10.6 Å². The zero-order valence-electron chi connectivity index (χ0n) is 5.40. The number of hydrogen-bond acceptors (Lipinski definition) is 2. The van der Waals surface area contributed by atoms with E-state index < -0.39 is 11.6 Å². The Morgan fingerprint density at radius 1 is 1.55 bits per heavy atom. The second kappa shape index (κ2) is 2.90. The fraction of sp³-hybridized carbons (Fsp3) is 0. The van der Waals surface area contributed by atoms with E-state index in [1.54, 1.807) is 0 Å². The maximum absolute atomic E-state index is 12.5.